The van der Waals surface area contributed by atoms with Crippen molar-refractivity contribution in [2.24, 2.45) is 11.3 Å². The number of thioether (sulfide) groups is 1. The summed E-state index contributed by atoms with van der Waals surface area (Å²) in [6.45, 7) is 5.95. The van der Waals surface area contributed by atoms with Crippen LogP contribution in [0.15, 0.2) is 0 Å². The first-order valence-electron chi connectivity index (χ1n) is 5.54. The van der Waals surface area contributed by atoms with Gasteiger partial charge in [-0.1, -0.05) is 13.8 Å². The lowest BCUT2D eigenvalue weighted by Crippen LogP contribution is -2.37. The molecule has 0 aromatic rings. The van der Waals surface area contributed by atoms with Crippen LogP contribution in [0.2, 0.25) is 0 Å². The third kappa shape index (κ3) is 1.89. The van der Waals surface area contributed by atoms with Gasteiger partial charge in [-0.25, -0.2) is 0 Å². The van der Waals surface area contributed by atoms with Crippen LogP contribution in [0.3, 0.4) is 0 Å². The normalized spacial score (nSPS) is 39.5. The zero-order chi connectivity index (χ0) is 9.31. The Morgan fingerprint density at radius 1 is 1.46 bits per heavy atom. The summed E-state index contributed by atoms with van der Waals surface area (Å²) >= 11 is 2.16. The van der Waals surface area contributed by atoms with Crippen molar-refractivity contribution in [3.05, 3.63) is 0 Å². The van der Waals surface area contributed by atoms with E-state index in [1.165, 1.54) is 37.3 Å². The molecule has 13 heavy (non-hydrogen) atoms. The first-order chi connectivity index (χ1) is 6.23. The van der Waals surface area contributed by atoms with Crippen LogP contribution in [-0.4, -0.2) is 24.1 Å². The van der Waals surface area contributed by atoms with Crippen LogP contribution in [0.5, 0.6) is 0 Å². The van der Waals surface area contributed by atoms with E-state index >= 15 is 0 Å². The monoisotopic (exact) mass is 199 g/mol. The van der Waals surface area contributed by atoms with Gasteiger partial charge in [0.15, 0.2) is 0 Å². The van der Waals surface area contributed by atoms with E-state index in [-0.39, 0.29) is 0 Å². The van der Waals surface area contributed by atoms with E-state index in [1.807, 2.05) is 0 Å². The van der Waals surface area contributed by atoms with Gasteiger partial charge in [-0.2, -0.15) is 11.8 Å². The Morgan fingerprint density at radius 3 is 2.92 bits per heavy atom. The van der Waals surface area contributed by atoms with E-state index in [9.17, 15) is 0 Å². The smallest absolute Gasteiger partial charge is 0.0135 e. The summed E-state index contributed by atoms with van der Waals surface area (Å²) in [6.07, 6.45) is 4.26. The second-order valence-corrected chi connectivity index (χ2v) is 6.16. The summed E-state index contributed by atoms with van der Waals surface area (Å²) in [6, 6.07) is 0.822. The third-order valence-corrected chi connectivity index (χ3v) is 4.87. The SMILES string of the molecule is CC(C)CC1NCCC12CCSC2. The molecule has 76 valence electrons. The molecule has 0 radical (unpaired) electrons. The minimum atomic E-state index is 0.689. The van der Waals surface area contributed by atoms with E-state index in [1.54, 1.807) is 0 Å². The van der Waals surface area contributed by atoms with Gasteiger partial charge in [0, 0.05) is 11.8 Å². The van der Waals surface area contributed by atoms with Crippen molar-refractivity contribution in [2.45, 2.75) is 39.2 Å². The molecule has 0 aliphatic carbocycles. The maximum Gasteiger partial charge on any atom is 0.0135 e. The van der Waals surface area contributed by atoms with Gasteiger partial charge in [0.2, 0.25) is 0 Å². The maximum absolute atomic E-state index is 3.71. The molecule has 2 saturated heterocycles. The van der Waals surface area contributed by atoms with Crippen molar-refractivity contribution >= 4 is 11.8 Å². The number of hydrogen-bond donors (Lipinski definition) is 1. The number of hydrogen-bond acceptors (Lipinski definition) is 2. The summed E-state index contributed by atoms with van der Waals surface area (Å²) < 4.78 is 0. The van der Waals surface area contributed by atoms with Gasteiger partial charge in [-0.15, -0.1) is 0 Å². The summed E-state index contributed by atoms with van der Waals surface area (Å²) in [5.74, 6) is 3.66. The van der Waals surface area contributed by atoms with Crippen LogP contribution in [0.25, 0.3) is 0 Å². The lowest BCUT2D eigenvalue weighted by molar-refractivity contribution is 0.257. The van der Waals surface area contributed by atoms with Crippen LogP contribution in [0, 0.1) is 11.3 Å². The Morgan fingerprint density at radius 2 is 2.31 bits per heavy atom. The summed E-state index contributed by atoms with van der Waals surface area (Å²) in [4.78, 5) is 0. The second-order valence-electron chi connectivity index (χ2n) is 5.05. The van der Waals surface area contributed by atoms with E-state index in [2.05, 4.69) is 30.9 Å². The highest BCUT2D eigenvalue weighted by molar-refractivity contribution is 7.99. The molecule has 2 atom stereocenters. The van der Waals surface area contributed by atoms with Gasteiger partial charge in [-0.3, -0.25) is 0 Å². The lowest BCUT2D eigenvalue weighted by atomic mass is 9.77. The Labute approximate surface area is 86.0 Å². The minimum absolute atomic E-state index is 0.689. The van der Waals surface area contributed by atoms with Gasteiger partial charge in [0.25, 0.3) is 0 Å². The highest BCUT2D eigenvalue weighted by Crippen LogP contribution is 2.46. The first kappa shape index (κ1) is 9.85. The second kappa shape index (κ2) is 3.82. The van der Waals surface area contributed by atoms with E-state index in [4.69, 9.17) is 0 Å². The molecule has 2 rings (SSSR count). The van der Waals surface area contributed by atoms with Crippen LogP contribution in [0.1, 0.15) is 33.1 Å². The van der Waals surface area contributed by atoms with Gasteiger partial charge >= 0.3 is 0 Å². The number of nitrogens with one attached hydrogen (secondary N) is 1. The summed E-state index contributed by atoms with van der Waals surface area (Å²) in [5, 5.41) is 3.71. The lowest BCUT2D eigenvalue weighted by Gasteiger charge is -2.31. The first-order valence-corrected chi connectivity index (χ1v) is 6.69. The molecule has 0 bridgehead atoms. The molecule has 2 unspecified atom stereocenters. The molecule has 2 heterocycles. The van der Waals surface area contributed by atoms with Crippen molar-refractivity contribution in [1.29, 1.82) is 0 Å². The average Bonchev–Trinajstić information content (AvgIpc) is 2.64. The van der Waals surface area contributed by atoms with Crippen molar-refractivity contribution in [3.8, 4) is 0 Å². The van der Waals surface area contributed by atoms with Crippen LogP contribution < -0.4 is 5.32 Å². The highest BCUT2D eigenvalue weighted by Gasteiger charge is 2.44. The van der Waals surface area contributed by atoms with Gasteiger partial charge in [-0.05, 0) is 42.9 Å². The fraction of sp³-hybridized carbons (Fsp3) is 1.00. The predicted octanol–water partition coefficient (Wildman–Crippen LogP) is 2.52. The third-order valence-electron chi connectivity index (χ3n) is 3.59. The largest absolute Gasteiger partial charge is 0.313 e. The Kier molecular flexibility index (Phi) is 2.89. The van der Waals surface area contributed by atoms with E-state index < -0.39 is 0 Å². The molecule has 0 aromatic carbocycles. The molecule has 2 aliphatic rings. The van der Waals surface area contributed by atoms with E-state index in [0.29, 0.717) is 5.41 Å². The molecule has 1 nitrogen and oxygen atoms in total. The van der Waals surface area contributed by atoms with Crippen LogP contribution in [-0.2, 0) is 0 Å². The summed E-state index contributed by atoms with van der Waals surface area (Å²) in [5.41, 5.74) is 0.689. The zero-order valence-corrected chi connectivity index (χ0v) is 9.62. The van der Waals surface area contributed by atoms with Crippen molar-refractivity contribution in [3.63, 3.8) is 0 Å². The molecule has 1 spiro atoms. The fourth-order valence-corrected chi connectivity index (χ4v) is 4.38. The molecular formula is C11H21NS. The molecule has 2 heteroatoms. The zero-order valence-electron chi connectivity index (χ0n) is 8.81. The minimum Gasteiger partial charge on any atom is -0.313 e. The van der Waals surface area contributed by atoms with Crippen molar-refractivity contribution < 1.29 is 0 Å². The van der Waals surface area contributed by atoms with Crippen molar-refractivity contribution in [2.75, 3.05) is 18.1 Å². The maximum atomic E-state index is 3.71. The summed E-state index contributed by atoms with van der Waals surface area (Å²) in [7, 11) is 0. The van der Waals surface area contributed by atoms with Gasteiger partial charge in [0.1, 0.15) is 0 Å². The topological polar surface area (TPSA) is 12.0 Å². The van der Waals surface area contributed by atoms with Crippen LogP contribution in [0.4, 0.5) is 0 Å². The quantitative estimate of drug-likeness (QED) is 0.733. The van der Waals surface area contributed by atoms with Crippen molar-refractivity contribution in [1.82, 2.24) is 5.32 Å². The average molecular weight is 199 g/mol. The molecule has 0 saturated carbocycles. The Balaban J connectivity index is 2.00. The molecule has 0 aromatic heterocycles. The molecule has 1 N–H and O–H groups in total. The number of rotatable bonds is 2. The fourth-order valence-electron chi connectivity index (χ4n) is 2.79. The van der Waals surface area contributed by atoms with Gasteiger partial charge < -0.3 is 5.32 Å². The van der Waals surface area contributed by atoms with E-state index in [0.717, 1.165) is 12.0 Å². The standard InChI is InChI=1S/C11H21NS/c1-9(2)7-10-11(3-5-12-10)4-6-13-8-11/h9-10,12H,3-8H2,1-2H3. The van der Waals surface area contributed by atoms with Gasteiger partial charge in [0.05, 0.1) is 0 Å². The highest BCUT2D eigenvalue weighted by atomic mass is 32.2. The predicted molar refractivity (Wildman–Crippen MR) is 60.2 cm³/mol. The molecular weight excluding hydrogens is 178 g/mol. The van der Waals surface area contributed by atoms with Crippen LogP contribution >= 0.6 is 11.8 Å². The Bertz CT molecular complexity index is 167. The molecule has 2 aliphatic heterocycles. The molecule has 0 amide bonds. The molecule has 2 fully saturated rings. The Hall–Kier alpha value is 0.310.